The molecule has 1 aromatic rings. The quantitative estimate of drug-likeness (QED) is 0.561. The summed E-state index contributed by atoms with van der Waals surface area (Å²) in [6, 6.07) is 8.27. The third-order valence-electron chi connectivity index (χ3n) is 4.27. The van der Waals surface area contributed by atoms with Gasteiger partial charge in [0.15, 0.2) is 0 Å². The van der Waals surface area contributed by atoms with Crippen molar-refractivity contribution in [2.75, 3.05) is 6.54 Å². The second-order valence-corrected chi connectivity index (χ2v) is 6.92. The zero-order valence-electron chi connectivity index (χ0n) is 18.0. The van der Waals surface area contributed by atoms with E-state index in [-0.39, 0.29) is 31.5 Å². The molecule has 0 fully saturated rings. The average Bonchev–Trinajstić information content (AvgIpc) is 2.70. The van der Waals surface area contributed by atoms with Crippen LogP contribution >= 0.6 is 0 Å². The van der Waals surface area contributed by atoms with Crippen LogP contribution in [0.4, 0.5) is 4.79 Å². The Hall–Kier alpha value is -3.10. The minimum atomic E-state index is -0.853. The lowest BCUT2D eigenvalue weighted by Gasteiger charge is -2.22. The number of alkyl carbamates (subject to hydrolysis) is 1. The fourth-order valence-corrected chi connectivity index (χ4v) is 2.48. The first-order valence-electron chi connectivity index (χ1n) is 9.97. The van der Waals surface area contributed by atoms with Gasteiger partial charge in [0.2, 0.25) is 5.91 Å². The highest BCUT2D eigenvalue weighted by Gasteiger charge is 2.23. The molecule has 0 saturated heterocycles. The van der Waals surface area contributed by atoms with Gasteiger partial charge in [-0.05, 0) is 31.7 Å². The van der Waals surface area contributed by atoms with E-state index in [0.717, 1.165) is 17.0 Å². The molecule has 0 saturated carbocycles. The summed E-state index contributed by atoms with van der Waals surface area (Å²) in [5, 5.41) is 6.33. The summed E-state index contributed by atoms with van der Waals surface area (Å²) in [6.45, 7) is 6.45. The summed E-state index contributed by atoms with van der Waals surface area (Å²) in [6.07, 6.45) is 0.575. The third kappa shape index (κ3) is 9.90. The molecule has 2 N–H and O–H groups in total. The lowest BCUT2D eigenvalue weighted by Crippen LogP contribution is -2.49. The number of hydrogen-bond acceptors (Lipinski definition) is 6. The van der Waals surface area contributed by atoms with E-state index in [0.29, 0.717) is 6.42 Å². The number of carbonyl (C=O) groups is 4. The zero-order chi connectivity index (χ0) is 22.5. The first-order chi connectivity index (χ1) is 14.2. The van der Waals surface area contributed by atoms with Crippen LogP contribution in [0.1, 0.15) is 52.5 Å². The van der Waals surface area contributed by atoms with Crippen LogP contribution in [0.3, 0.4) is 0 Å². The van der Waals surface area contributed by atoms with Crippen LogP contribution in [0.25, 0.3) is 0 Å². The number of hydroxylamine groups is 2. The predicted octanol–water partition coefficient (Wildman–Crippen LogP) is 2.30. The molecule has 0 spiro atoms. The largest absolute Gasteiger partial charge is 0.445 e. The Morgan fingerprint density at radius 1 is 1.07 bits per heavy atom. The van der Waals surface area contributed by atoms with Gasteiger partial charge in [0.1, 0.15) is 12.6 Å². The Bertz CT molecular complexity index is 710. The number of ether oxygens (including phenoxy) is 1. The lowest BCUT2D eigenvalue weighted by molar-refractivity contribution is -0.195. The molecule has 2 atom stereocenters. The van der Waals surface area contributed by atoms with Gasteiger partial charge in [0, 0.05) is 19.9 Å². The van der Waals surface area contributed by atoms with Crippen molar-refractivity contribution in [2.45, 2.75) is 65.6 Å². The van der Waals surface area contributed by atoms with Crippen molar-refractivity contribution in [3.05, 3.63) is 35.9 Å². The number of nitrogens with one attached hydrogen (secondary N) is 2. The Kier molecular flexibility index (Phi) is 11.0. The van der Waals surface area contributed by atoms with Crippen LogP contribution in [-0.2, 0) is 30.6 Å². The van der Waals surface area contributed by atoms with E-state index in [1.54, 1.807) is 0 Å². The fraction of sp³-hybridized carbons (Fsp3) is 0.524. The summed E-state index contributed by atoms with van der Waals surface area (Å²) in [5.41, 5.74) is 0.826. The molecule has 0 aromatic heterocycles. The summed E-state index contributed by atoms with van der Waals surface area (Å²) >= 11 is 0. The van der Waals surface area contributed by atoms with E-state index < -0.39 is 24.0 Å². The van der Waals surface area contributed by atoms with Crippen LogP contribution in [0.5, 0.6) is 0 Å². The summed E-state index contributed by atoms with van der Waals surface area (Å²) in [5.74, 6) is -1.39. The van der Waals surface area contributed by atoms with Crippen LogP contribution in [-0.4, -0.2) is 47.6 Å². The highest BCUT2D eigenvalue weighted by Crippen LogP contribution is 2.06. The van der Waals surface area contributed by atoms with Gasteiger partial charge >= 0.3 is 12.1 Å². The van der Waals surface area contributed by atoms with Gasteiger partial charge in [-0.3, -0.25) is 14.4 Å². The minimum Gasteiger partial charge on any atom is -0.445 e. The molecule has 0 bridgehead atoms. The van der Waals surface area contributed by atoms with Crippen molar-refractivity contribution in [3.8, 4) is 0 Å². The molecule has 166 valence electrons. The maximum Gasteiger partial charge on any atom is 0.408 e. The third-order valence-corrected chi connectivity index (χ3v) is 4.27. The first kappa shape index (κ1) is 24.9. The highest BCUT2D eigenvalue weighted by atomic mass is 16.7. The second kappa shape index (κ2) is 13.2. The molecule has 0 heterocycles. The maximum absolute atomic E-state index is 12.6. The number of benzene rings is 1. The minimum absolute atomic E-state index is 0.0584. The first-order valence-corrected chi connectivity index (χ1v) is 9.97. The number of carbonyl (C=O) groups excluding carboxylic acids is 4. The van der Waals surface area contributed by atoms with Crippen LogP contribution < -0.4 is 10.6 Å². The maximum atomic E-state index is 12.6. The van der Waals surface area contributed by atoms with Gasteiger partial charge < -0.3 is 20.2 Å². The van der Waals surface area contributed by atoms with E-state index in [2.05, 4.69) is 10.6 Å². The van der Waals surface area contributed by atoms with Gasteiger partial charge in [0.25, 0.3) is 5.91 Å². The lowest BCUT2D eigenvalue weighted by atomic mass is 10.1. The standard InChI is InChI=1S/C21H31N3O6/c1-5-15(2)22-20(27)19(12-9-13-24(16(3)25)30-17(4)26)23-21(28)29-14-18-10-7-6-8-11-18/h6-8,10-11,15,19H,5,9,12-14H2,1-4H3,(H,22,27)(H,23,28)/t15?,19-/m0/s1. The predicted molar refractivity (Wildman–Crippen MR) is 110 cm³/mol. The van der Waals surface area contributed by atoms with E-state index in [1.165, 1.54) is 13.8 Å². The number of rotatable bonds is 10. The molecule has 1 unspecified atom stereocenters. The van der Waals surface area contributed by atoms with Gasteiger partial charge in [0.05, 0.1) is 6.54 Å². The Morgan fingerprint density at radius 2 is 1.73 bits per heavy atom. The molecular formula is C21H31N3O6. The van der Waals surface area contributed by atoms with Crippen molar-refractivity contribution in [2.24, 2.45) is 0 Å². The molecule has 9 nitrogen and oxygen atoms in total. The molecule has 9 heteroatoms. The van der Waals surface area contributed by atoms with E-state index in [9.17, 15) is 19.2 Å². The van der Waals surface area contributed by atoms with Gasteiger partial charge in [-0.25, -0.2) is 4.79 Å². The summed E-state index contributed by atoms with van der Waals surface area (Å²) in [7, 11) is 0. The van der Waals surface area contributed by atoms with Crippen molar-refractivity contribution < 1.29 is 28.8 Å². The fourth-order valence-electron chi connectivity index (χ4n) is 2.48. The van der Waals surface area contributed by atoms with Crippen LogP contribution in [0.2, 0.25) is 0 Å². The average molecular weight is 421 g/mol. The van der Waals surface area contributed by atoms with Crippen molar-refractivity contribution in [3.63, 3.8) is 0 Å². The SMILES string of the molecule is CCC(C)NC(=O)[C@H](CCCN(OC(C)=O)C(C)=O)NC(=O)OCc1ccccc1. The molecule has 1 rings (SSSR count). The topological polar surface area (TPSA) is 114 Å². The second-order valence-electron chi connectivity index (χ2n) is 6.92. The smallest absolute Gasteiger partial charge is 0.408 e. The number of amides is 3. The van der Waals surface area contributed by atoms with E-state index in [4.69, 9.17) is 9.57 Å². The van der Waals surface area contributed by atoms with Crippen molar-refractivity contribution >= 4 is 23.9 Å². The Morgan fingerprint density at radius 3 is 2.30 bits per heavy atom. The molecule has 1 aromatic carbocycles. The zero-order valence-corrected chi connectivity index (χ0v) is 18.0. The Balaban J connectivity index is 2.66. The van der Waals surface area contributed by atoms with Crippen molar-refractivity contribution in [1.82, 2.24) is 15.7 Å². The van der Waals surface area contributed by atoms with Crippen molar-refractivity contribution in [1.29, 1.82) is 0 Å². The molecule has 0 radical (unpaired) electrons. The van der Waals surface area contributed by atoms with Gasteiger partial charge in [-0.15, -0.1) is 0 Å². The molecule has 0 aliphatic rings. The summed E-state index contributed by atoms with van der Waals surface area (Å²) < 4.78 is 5.19. The molecule has 0 aliphatic carbocycles. The molecular weight excluding hydrogens is 390 g/mol. The summed E-state index contributed by atoms with van der Waals surface area (Å²) in [4.78, 5) is 52.2. The number of nitrogens with zero attached hydrogens (tertiary/aromatic N) is 1. The normalized spacial score (nSPS) is 12.3. The van der Waals surface area contributed by atoms with Crippen LogP contribution in [0.15, 0.2) is 30.3 Å². The molecule has 0 aliphatic heterocycles. The van der Waals surface area contributed by atoms with Crippen LogP contribution in [0, 0.1) is 0 Å². The van der Waals surface area contributed by atoms with Gasteiger partial charge in [-0.2, -0.15) is 5.06 Å². The Labute approximate surface area is 177 Å². The molecule has 3 amide bonds. The monoisotopic (exact) mass is 421 g/mol. The van der Waals surface area contributed by atoms with E-state index >= 15 is 0 Å². The molecule has 30 heavy (non-hydrogen) atoms. The number of hydrogen-bond donors (Lipinski definition) is 2. The van der Waals surface area contributed by atoms with Gasteiger partial charge in [-0.1, -0.05) is 37.3 Å². The van der Waals surface area contributed by atoms with E-state index in [1.807, 2.05) is 44.2 Å². The highest BCUT2D eigenvalue weighted by molar-refractivity contribution is 5.85.